The summed E-state index contributed by atoms with van der Waals surface area (Å²) >= 11 is 0. The number of hydrogen-bond acceptors (Lipinski definition) is 4. The monoisotopic (exact) mass is 223 g/mol. The van der Waals surface area contributed by atoms with Crippen LogP contribution in [0.4, 0.5) is 5.69 Å². The molecular formula is C12H17NO3. The number of methoxy groups -OCH3 is 2. The largest absolute Gasteiger partial charge is 0.495 e. The smallest absolute Gasteiger partial charge is 0.315 e. The van der Waals surface area contributed by atoms with Crippen molar-refractivity contribution in [1.29, 1.82) is 0 Å². The van der Waals surface area contributed by atoms with Crippen LogP contribution in [0, 0.1) is 0 Å². The summed E-state index contributed by atoms with van der Waals surface area (Å²) in [5, 5.41) is 0. The predicted octanol–water partition coefficient (Wildman–Crippen LogP) is 1.73. The molecule has 0 aliphatic rings. The molecule has 4 heteroatoms. The first-order chi connectivity index (χ1) is 7.43. The first-order valence-corrected chi connectivity index (χ1v) is 4.96. The summed E-state index contributed by atoms with van der Waals surface area (Å²) in [5.41, 5.74) is 6.36. The third-order valence-corrected chi connectivity index (χ3v) is 2.65. The van der Waals surface area contributed by atoms with Gasteiger partial charge in [0.2, 0.25) is 0 Å². The van der Waals surface area contributed by atoms with E-state index in [2.05, 4.69) is 0 Å². The van der Waals surface area contributed by atoms with Gasteiger partial charge in [-0.15, -0.1) is 0 Å². The Labute approximate surface area is 95.3 Å². The van der Waals surface area contributed by atoms with E-state index in [9.17, 15) is 4.79 Å². The molecule has 4 nitrogen and oxygen atoms in total. The lowest BCUT2D eigenvalue weighted by Crippen LogP contribution is -2.30. The molecule has 2 N–H and O–H groups in total. The van der Waals surface area contributed by atoms with Crippen molar-refractivity contribution < 1.29 is 14.3 Å². The number of rotatable bonds is 3. The van der Waals surface area contributed by atoms with Crippen LogP contribution in [0.15, 0.2) is 18.2 Å². The second-order valence-electron chi connectivity index (χ2n) is 4.07. The SMILES string of the molecule is COC(=O)C(C)(C)c1ccc(N)c(OC)c1. The van der Waals surface area contributed by atoms with Gasteiger partial charge < -0.3 is 15.2 Å². The molecule has 0 saturated heterocycles. The summed E-state index contributed by atoms with van der Waals surface area (Å²) in [4.78, 5) is 11.6. The van der Waals surface area contributed by atoms with Crippen molar-refractivity contribution in [2.45, 2.75) is 19.3 Å². The van der Waals surface area contributed by atoms with Crippen molar-refractivity contribution >= 4 is 11.7 Å². The lowest BCUT2D eigenvalue weighted by molar-refractivity contribution is -0.146. The molecule has 0 unspecified atom stereocenters. The second kappa shape index (κ2) is 4.43. The van der Waals surface area contributed by atoms with Gasteiger partial charge in [0.25, 0.3) is 0 Å². The first kappa shape index (κ1) is 12.4. The molecule has 0 heterocycles. The normalized spacial score (nSPS) is 11.0. The van der Waals surface area contributed by atoms with Crippen LogP contribution in [0.5, 0.6) is 5.75 Å². The number of benzene rings is 1. The van der Waals surface area contributed by atoms with Crippen molar-refractivity contribution in [3.05, 3.63) is 23.8 Å². The maximum atomic E-state index is 11.6. The van der Waals surface area contributed by atoms with Gasteiger partial charge in [0, 0.05) is 0 Å². The molecule has 0 spiro atoms. The van der Waals surface area contributed by atoms with E-state index in [1.165, 1.54) is 7.11 Å². The zero-order chi connectivity index (χ0) is 12.3. The van der Waals surface area contributed by atoms with Crippen LogP contribution >= 0.6 is 0 Å². The van der Waals surface area contributed by atoms with Crippen LogP contribution in [0.3, 0.4) is 0 Å². The Morgan fingerprint density at radius 2 is 1.94 bits per heavy atom. The lowest BCUT2D eigenvalue weighted by Gasteiger charge is -2.22. The summed E-state index contributed by atoms with van der Waals surface area (Å²) in [5.74, 6) is 0.272. The number of hydrogen-bond donors (Lipinski definition) is 1. The van der Waals surface area contributed by atoms with Gasteiger partial charge in [-0.25, -0.2) is 0 Å². The Morgan fingerprint density at radius 3 is 2.44 bits per heavy atom. The molecule has 1 rings (SSSR count). The summed E-state index contributed by atoms with van der Waals surface area (Å²) < 4.78 is 9.88. The average Bonchev–Trinajstić information content (AvgIpc) is 2.28. The molecule has 1 aromatic carbocycles. The molecule has 1 aromatic rings. The van der Waals surface area contributed by atoms with Crippen LogP contribution in [0.25, 0.3) is 0 Å². The molecule has 0 saturated carbocycles. The number of nitrogen functional groups attached to an aromatic ring is 1. The molecule has 0 aliphatic heterocycles. The Morgan fingerprint density at radius 1 is 1.31 bits per heavy atom. The molecule has 0 bridgehead atoms. The lowest BCUT2D eigenvalue weighted by atomic mass is 9.84. The van der Waals surface area contributed by atoms with Crippen molar-refractivity contribution in [2.24, 2.45) is 0 Å². The van der Waals surface area contributed by atoms with Crippen LogP contribution in [0.1, 0.15) is 19.4 Å². The van der Waals surface area contributed by atoms with Crippen molar-refractivity contribution in [2.75, 3.05) is 20.0 Å². The van der Waals surface area contributed by atoms with E-state index < -0.39 is 5.41 Å². The third kappa shape index (κ3) is 2.10. The van der Waals surface area contributed by atoms with E-state index in [0.29, 0.717) is 11.4 Å². The van der Waals surface area contributed by atoms with Crippen molar-refractivity contribution in [3.8, 4) is 5.75 Å². The van der Waals surface area contributed by atoms with E-state index in [1.54, 1.807) is 39.2 Å². The number of carbonyl (C=O) groups is 1. The predicted molar refractivity (Wildman–Crippen MR) is 62.4 cm³/mol. The molecule has 0 atom stereocenters. The quantitative estimate of drug-likeness (QED) is 0.626. The Hall–Kier alpha value is -1.71. The van der Waals surface area contributed by atoms with E-state index in [1.807, 2.05) is 0 Å². The molecule has 0 aromatic heterocycles. The van der Waals surface area contributed by atoms with E-state index in [-0.39, 0.29) is 5.97 Å². The fourth-order valence-electron chi connectivity index (χ4n) is 1.47. The molecule has 16 heavy (non-hydrogen) atoms. The Balaban J connectivity index is 3.18. The van der Waals surface area contributed by atoms with Crippen LogP contribution in [-0.4, -0.2) is 20.2 Å². The first-order valence-electron chi connectivity index (χ1n) is 4.96. The summed E-state index contributed by atoms with van der Waals surface area (Å²) in [6.45, 7) is 3.59. The molecule has 0 amide bonds. The number of carbonyl (C=O) groups excluding carboxylic acids is 1. The van der Waals surface area contributed by atoms with E-state index in [4.69, 9.17) is 15.2 Å². The molecular weight excluding hydrogens is 206 g/mol. The minimum atomic E-state index is -0.713. The maximum absolute atomic E-state index is 11.6. The average molecular weight is 223 g/mol. The van der Waals surface area contributed by atoms with E-state index in [0.717, 1.165) is 5.56 Å². The molecule has 88 valence electrons. The highest BCUT2D eigenvalue weighted by atomic mass is 16.5. The highest BCUT2D eigenvalue weighted by Crippen LogP contribution is 2.30. The minimum Gasteiger partial charge on any atom is -0.495 e. The van der Waals surface area contributed by atoms with Gasteiger partial charge in [0.1, 0.15) is 5.75 Å². The van der Waals surface area contributed by atoms with Crippen molar-refractivity contribution in [3.63, 3.8) is 0 Å². The topological polar surface area (TPSA) is 61.5 Å². The fraction of sp³-hybridized carbons (Fsp3) is 0.417. The summed E-state index contributed by atoms with van der Waals surface area (Å²) in [6, 6.07) is 5.28. The van der Waals surface area contributed by atoms with Gasteiger partial charge in [0.05, 0.1) is 25.3 Å². The highest BCUT2D eigenvalue weighted by Gasteiger charge is 2.31. The standard InChI is InChI=1S/C12H17NO3/c1-12(2,11(14)16-4)8-5-6-9(13)10(7-8)15-3/h5-7H,13H2,1-4H3. The fourth-order valence-corrected chi connectivity index (χ4v) is 1.47. The van der Waals surface area contributed by atoms with Crippen LogP contribution in [0.2, 0.25) is 0 Å². The van der Waals surface area contributed by atoms with Crippen LogP contribution in [-0.2, 0) is 14.9 Å². The Bertz CT molecular complexity index is 399. The van der Waals surface area contributed by atoms with Gasteiger partial charge in [0.15, 0.2) is 0 Å². The second-order valence-corrected chi connectivity index (χ2v) is 4.07. The van der Waals surface area contributed by atoms with Gasteiger partial charge in [-0.3, -0.25) is 4.79 Å². The number of nitrogens with two attached hydrogens (primary N) is 1. The minimum absolute atomic E-state index is 0.292. The third-order valence-electron chi connectivity index (χ3n) is 2.65. The van der Waals surface area contributed by atoms with Gasteiger partial charge in [-0.1, -0.05) is 6.07 Å². The number of anilines is 1. The number of esters is 1. The molecule has 0 radical (unpaired) electrons. The van der Waals surface area contributed by atoms with Gasteiger partial charge in [-0.05, 0) is 31.5 Å². The highest BCUT2D eigenvalue weighted by molar-refractivity contribution is 5.82. The zero-order valence-electron chi connectivity index (χ0n) is 10.0. The zero-order valence-corrected chi connectivity index (χ0v) is 10.0. The van der Waals surface area contributed by atoms with Gasteiger partial charge in [-0.2, -0.15) is 0 Å². The van der Waals surface area contributed by atoms with Crippen LogP contribution < -0.4 is 10.5 Å². The molecule has 0 fully saturated rings. The van der Waals surface area contributed by atoms with Crippen molar-refractivity contribution in [1.82, 2.24) is 0 Å². The molecule has 0 aliphatic carbocycles. The van der Waals surface area contributed by atoms with E-state index >= 15 is 0 Å². The Kier molecular flexibility index (Phi) is 3.42. The summed E-state index contributed by atoms with van der Waals surface area (Å²) in [6.07, 6.45) is 0. The number of ether oxygens (including phenoxy) is 2. The summed E-state index contributed by atoms with van der Waals surface area (Å²) in [7, 11) is 2.92. The maximum Gasteiger partial charge on any atom is 0.315 e. The van der Waals surface area contributed by atoms with Gasteiger partial charge >= 0.3 is 5.97 Å².